The van der Waals surface area contributed by atoms with E-state index in [4.69, 9.17) is 16.0 Å². The molecule has 0 radical (unpaired) electrons. The molecule has 0 bridgehead atoms. The normalized spacial score (nSPS) is 12.0. The van der Waals surface area contributed by atoms with Crippen LogP contribution >= 0.6 is 11.6 Å². The third-order valence-electron chi connectivity index (χ3n) is 7.87. The van der Waals surface area contributed by atoms with Gasteiger partial charge in [0.2, 0.25) is 5.76 Å². The Morgan fingerprint density at radius 2 is 1.62 bits per heavy atom. The van der Waals surface area contributed by atoms with Crippen molar-refractivity contribution >= 4 is 34.2 Å². The average molecular weight is 638 g/mol. The zero-order valence-electron chi connectivity index (χ0n) is 24.5. The van der Waals surface area contributed by atoms with Gasteiger partial charge in [0.05, 0.1) is 24.1 Å². The fourth-order valence-corrected chi connectivity index (χ4v) is 5.42. The quantitative estimate of drug-likeness (QED) is 0.172. The summed E-state index contributed by atoms with van der Waals surface area (Å²) in [5.74, 6) is -3.67. The number of carboxylic acids is 1. The summed E-state index contributed by atoms with van der Waals surface area (Å²) >= 11 is 6.61. The Morgan fingerprint density at radius 3 is 2.29 bits per heavy atom. The SMILES string of the molecule is Cc1ccc2ccccc2c1C(=O)N(Cc1ccc(C(F)(F)F)o1)Cc1c(F)cc(-c2cccc(C(C)(C)C(=O)O)c2)cc1Cl. The summed E-state index contributed by atoms with van der Waals surface area (Å²) in [5, 5.41) is 11.0. The summed E-state index contributed by atoms with van der Waals surface area (Å²) in [6.45, 7) is 4.10. The Bertz CT molecular complexity index is 1910. The summed E-state index contributed by atoms with van der Waals surface area (Å²) in [6, 6.07) is 22.1. The molecule has 0 aliphatic rings. The lowest BCUT2D eigenvalue weighted by molar-refractivity contribution is -0.153. The van der Waals surface area contributed by atoms with Gasteiger partial charge >= 0.3 is 12.1 Å². The van der Waals surface area contributed by atoms with Crippen LogP contribution in [0, 0.1) is 12.7 Å². The molecule has 0 unspecified atom stereocenters. The van der Waals surface area contributed by atoms with Crippen molar-refractivity contribution in [1.29, 1.82) is 0 Å². The molecule has 0 saturated carbocycles. The number of aryl methyl sites for hydroxylation is 1. The molecule has 0 spiro atoms. The standard InChI is InChI=1S/C35H28ClF4NO4/c1-20-11-12-21-7-4-5-10-26(21)31(20)32(42)41(18-25-13-14-30(45-25)35(38,39)40)19-27-28(36)16-23(17-29(27)37)22-8-6-9-24(15-22)34(2,3)33(43)44/h4-17H,18-19H2,1-3H3,(H,43,44). The molecule has 1 N–H and O–H groups in total. The van der Waals surface area contributed by atoms with Crippen molar-refractivity contribution in [2.45, 2.75) is 45.5 Å². The van der Waals surface area contributed by atoms with E-state index in [1.807, 2.05) is 18.2 Å². The van der Waals surface area contributed by atoms with Gasteiger partial charge in [0.25, 0.3) is 5.91 Å². The highest BCUT2D eigenvalue weighted by Gasteiger charge is 2.35. The van der Waals surface area contributed by atoms with Crippen LogP contribution in [-0.4, -0.2) is 21.9 Å². The lowest BCUT2D eigenvalue weighted by Crippen LogP contribution is -2.31. The number of halogens is 5. The van der Waals surface area contributed by atoms with Crippen molar-refractivity contribution in [3.05, 3.63) is 130 Å². The third kappa shape index (κ3) is 6.44. The van der Waals surface area contributed by atoms with E-state index in [0.29, 0.717) is 33.2 Å². The van der Waals surface area contributed by atoms with Crippen molar-refractivity contribution in [2.24, 2.45) is 0 Å². The number of amides is 1. The first-order valence-corrected chi connectivity index (χ1v) is 14.3. The lowest BCUT2D eigenvalue weighted by Gasteiger charge is -2.25. The molecule has 0 aliphatic heterocycles. The van der Waals surface area contributed by atoms with Crippen LogP contribution in [0.1, 0.15) is 52.4 Å². The third-order valence-corrected chi connectivity index (χ3v) is 8.21. The van der Waals surface area contributed by atoms with E-state index in [1.165, 1.54) is 17.0 Å². The van der Waals surface area contributed by atoms with E-state index < -0.39 is 35.0 Å². The number of carboxylic acid groups (broad SMARTS) is 1. The minimum absolute atomic E-state index is 0.0178. The molecule has 0 fully saturated rings. The van der Waals surface area contributed by atoms with Gasteiger partial charge < -0.3 is 14.4 Å². The topological polar surface area (TPSA) is 70.8 Å². The average Bonchev–Trinajstić information content (AvgIpc) is 3.47. The van der Waals surface area contributed by atoms with E-state index in [1.54, 1.807) is 63.2 Å². The molecule has 10 heteroatoms. The predicted octanol–water partition coefficient (Wildman–Crippen LogP) is 9.42. The molecule has 1 aromatic heterocycles. The van der Waals surface area contributed by atoms with Gasteiger partial charge in [-0.15, -0.1) is 0 Å². The van der Waals surface area contributed by atoms with Crippen molar-refractivity contribution < 1.29 is 36.7 Å². The van der Waals surface area contributed by atoms with Crippen LogP contribution in [0.3, 0.4) is 0 Å². The molecular weight excluding hydrogens is 610 g/mol. The van der Waals surface area contributed by atoms with E-state index in [2.05, 4.69) is 0 Å². The molecule has 1 heterocycles. The number of nitrogens with zero attached hydrogens (tertiary/aromatic N) is 1. The fourth-order valence-electron chi connectivity index (χ4n) is 5.15. The fraction of sp³-hybridized carbons (Fsp3) is 0.200. The number of hydrogen-bond donors (Lipinski definition) is 1. The molecule has 0 atom stereocenters. The summed E-state index contributed by atoms with van der Waals surface area (Å²) in [7, 11) is 0. The number of alkyl halides is 3. The number of carbonyl (C=O) groups excluding carboxylic acids is 1. The van der Waals surface area contributed by atoms with Crippen molar-refractivity contribution in [1.82, 2.24) is 4.90 Å². The van der Waals surface area contributed by atoms with Gasteiger partial charge in [-0.2, -0.15) is 13.2 Å². The highest BCUT2D eigenvalue weighted by Crippen LogP contribution is 2.35. The van der Waals surface area contributed by atoms with Crippen LogP contribution in [0.5, 0.6) is 0 Å². The van der Waals surface area contributed by atoms with Gasteiger partial charge in [-0.25, -0.2) is 4.39 Å². The van der Waals surface area contributed by atoms with Crippen LogP contribution in [0.25, 0.3) is 21.9 Å². The number of furan rings is 1. The number of carbonyl (C=O) groups is 2. The second-order valence-corrected chi connectivity index (χ2v) is 11.7. The molecule has 1 amide bonds. The Hall–Kier alpha value is -4.63. The molecule has 5 aromatic rings. The second kappa shape index (κ2) is 12.0. The maximum Gasteiger partial charge on any atom is 0.449 e. The number of fused-ring (bicyclic) bond motifs is 1. The van der Waals surface area contributed by atoms with Crippen LogP contribution in [0.4, 0.5) is 17.6 Å². The van der Waals surface area contributed by atoms with Gasteiger partial charge in [0.1, 0.15) is 11.6 Å². The van der Waals surface area contributed by atoms with Crippen molar-refractivity contribution in [3.8, 4) is 11.1 Å². The van der Waals surface area contributed by atoms with Gasteiger partial charge in [0.15, 0.2) is 0 Å². The van der Waals surface area contributed by atoms with Crippen LogP contribution < -0.4 is 0 Å². The number of rotatable bonds is 8. The maximum atomic E-state index is 15.8. The van der Waals surface area contributed by atoms with Gasteiger partial charge in [-0.05, 0) is 78.1 Å². The first-order chi connectivity index (χ1) is 21.2. The molecule has 4 aromatic carbocycles. The van der Waals surface area contributed by atoms with Gasteiger partial charge in [-0.3, -0.25) is 9.59 Å². The summed E-state index contributed by atoms with van der Waals surface area (Å²) in [5.41, 5.74) is 1.13. The van der Waals surface area contributed by atoms with Gasteiger partial charge in [-0.1, -0.05) is 72.3 Å². The van der Waals surface area contributed by atoms with Crippen molar-refractivity contribution in [2.75, 3.05) is 0 Å². The van der Waals surface area contributed by atoms with Crippen molar-refractivity contribution in [3.63, 3.8) is 0 Å². The number of benzene rings is 4. The number of aliphatic carboxylic acids is 1. The zero-order chi connectivity index (χ0) is 32.7. The molecule has 45 heavy (non-hydrogen) atoms. The smallest absolute Gasteiger partial charge is 0.449 e. The first kappa shape index (κ1) is 31.8. The summed E-state index contributed by atoms with van der Waals surface area (Å²) in [6.07, 6.45) is -4.72. The Kier molecular flexibility index (Phi) is 8.51. The summed E-state index contributed by atoms with van der Waals surface area (Å²) < 4.78 is 60.7. The molecule has 232 valence electrons. The Labute approximate surface area is 261 Å². The molecule has 5 rings (SSSR count). The maximum absolute atomic E-state index is 15.8. The van der Waals surface area contributed by atoms with E-state index in [9.17, 15) is 27.9 Å². The Balaban J connectivity index is 1.55. The molecule has 5 nitrogen and oxygen atoms in total. The molecular formula is C35H28ClF4NO4. The van der Waals surface area contributed by atoms with Crippen LogP contribution in [0.2, 0.25) is 5.02 Å². The van der Waals surface area contributed by atoms with Gasteiger partial charge in [0, 0.05) is 10.6 Å². The van der Waals surface area contributed by atoms with Crippen LogP contribution in [0.15, 0.2) is 89.3 Å². The Morgan fingerprint density at radius 1 is 0.889 bits per heavy atom. The van der Waals surface area contributed by atoms with E-state index in [0.717, 1.165) is 17.5 Å². The lowest BCUT2D eigenvalue weighted by atomic mass is 9.83. The minimum atomic E-state index is -4.72. The van der Waals surface area contributed by atoms with E-state index in [-0.39, 0.29) is 29.4 Å². The van der Waals surface area contributed by atoms with E-state index >= 15 is 4.39 Å². The monoisotopic (exact) mass is 637 g/mol. The number of hydrogen-bond acceptors (Lipinski definition) is 3. The molecule has 0 saturated heterocycles. The molecule has 0 aliphatic carbocycles. The summed E-state index contributed by atoms with van der Waals surface area (Å²) in [4.78, 5) is 27.1. The first-order valence-electron chi connectivity index (χ1n) is 13.9. The predicted molar refractivity (Wildman–Crippen MR) is 163 cm³/mol. The highest BCUT2D eigenvalue weighted by molar-refractivity contribution is 6.31. The zero-order valence-corrected chi connectivity index (χ0v) is 25.3. The second-order valence-electron chi connectivity index (χ2n) is 11.3. The minimum Gasteiger partial charge on any atom is -0.481 e. The largest absolute Gasteiger partial charge is 0.481 e. The highest BCUT2D eigenvalue weighted by atomic mass is 35.5. The van der Waals surface area contributed by atoms with Crippen LogP contribution in [-0.2, 0) is 29.5 Å².